The van der Waals surface area contributed by atoms with Crippen molar-refractivity contribution in [3.63, 3.8) is 0 Å². The van der Waals surface area contributed by atoms with E-state index in [9.17, 15) is 5.11 Å². The highest BCUT2D eigenvalue weighted by atomic mass is 35.5. The molecule has 1 aromatic rings. The Labute approximate surface area is 107 Å². The van der Waals surface area contributed by atoms with Gasteiger partial charge in [-0.15, -0.1) is 0 Å². The lowest BCUT2D eigenvalue weighted by Crippen LogP contribution is -2.36. The van der Waals surface area contributed by atoms with E-state index < -0.39 is 5.60 Å². The Morgan fingerprint density at radius 3 is 2.69 bits per heavy atom. The van der Waals surface area contributed by atoms with Crippen LogP contribution in [0, 0.1) is 0 Å². The molecule has 1 rings (SSSR count). The van der Waals surface area contributed by atoms with Gasteiger partial charge in [-0.2, -0.15) is 0 Å². The van der Waals surface area contributed by atoms with Gasteiger partial charge in [-0.1, -0.05) is 30.1 Å². The summed E-state index contributed by atoms with van der Waals surface area (Å²) < 4.78 is 0. The van der Waals surface area contributed by atoms with Crippen LogP contribution in [0.5, 0.6) is 0 Å². The summed E-state index contributed by atoms with van der Waals surface area (Å²) in [6.45, 7) is 5.14. The maximum absolute atomic E-state index is 10.3. The molecule has 1 unspecified atom stereocenters. The van der Waals surface area contributed by atoms with E-state index in [-0.39, 0.29) is 0 Å². The van der Waals surface area contributed by atoms with Crippen molar-refractivity contribution >= 4 is 23.2 Å². The number of nitrogens with one attached hydrogen (secondary N) is 1. The second-order valence-corrected chi connectivity index (χ2v) is 4.92. The van der Waals surface area contributed by atoms with Crippen LogP contribution in [0.3, 0.4) is 0 Å². The first kappa shape index (κ1) is 13.8. The number of hydrogen-bond donors (Lipinski definition) is 2. The van der Waals surface area contributed by atoms with Crippen LogP contribution in [0.1, 0.15) is 25.8 Å². The lowest BCUT2D eigenvalue weighted by molar-refractivity contribution is 0.0573. The second kappa shape index (κ2) is 5.87. The number of halogens is 2. The van der Waals surface area contributed by atoms with Crippen molar-refractivity contribution in [2.75, 3.05) is 13.1 Å². The first-order valence-corrected chi connectivity index (χ1v) is 6.11. The van der Waals surface area contributed by atoms with Crippen LogP contribution >= 0.6 is 23.2 Å². The van der Waals surface area contributed by atoms with Gasteiger partial charge in [-0.05, 0) is 38.1 Å². The van der Waals surface area contributed by atoms with Gasteiger partial charge < -0.3 is 10.4 Å². The molecule has 0 aliphatic rings. The maximum Gasteiger partial charge on any atom is 0.101 e. The topological polar surface area (TPSA) is 32.3 Å². The number of benzene rings is 1. The molecule has 0 spiro atoms. The zero-order valence-corrected chi connectivity index (χ0v) is 11.1. The maximum atomic E-state index is 10.3. The van der Waals surface area contributed by atoms with E-state index in [1.165, 1.54) is 0 Å². The zero-order valence-electron chi connectivity index (χ0n) is 9.56. The summed E-state index contributed by atoms with van der Waals surface area (Å²) in [6, 6.07) is 5.12. The van der Waals surface area contributed by atoms with Gasteiger partial charge in [0.2, 0.25) is 0 Å². The van der Waals surface area contributed by atoms with Crippen LogP contribution in [-0.2, 0) is 5.60 Å². The van der Waals surface area contributed by atoms with E-state index >= 15 is 0 Å². The summed E-state index contributed by atoms with van der Waals surface area (Å²) in [7, 11) is 0. The molecule has 16 heavy (non-hydrogen) atoms. The molecule has 0 bridgehead atoms. The molecule has 2 N–H and O–H groups in total. The van der Waals surface area contributed by atoms with Gasteiger partial charge in [0.1, 0.15) is 5.60 Å². The normalized spacial score (nSPS) is 14.8. The number of aliphatic hydroxyl groups is 1. The van der Waals surface area contributed by atoms with Crippen LogP contribution in [0.2, 0.25) is 10.0 Å². The number of hydrogen-bond acceptors (Lipinski definition) is 2. The summed E-state index contributed by atoms with van der Waals surface area (Å²) in [5, 5.41) is 14.6. The lowest BCUT2D eigenvalue weighted by atomic mass is 9.96. The van der Waals surface area contributed by atoms with E-state index in [0.29, 0.717) is 22.2 Å². The van der Waals surface area contributed by atoms with Crippen molar-refractivity contribution < 1.29 is 5.11 Å². The van der Waals surface area contributed by atoms with Crippen molar-refractivity contribution in [2.24, 2.45) is 0 Å². The summed E-state index contributed by atoms with van der Waals surface area (Å²) >= 11 is 11.9. The minimum Gasteiger partial charge on any atom is -0.384 e. The zero-order chi connectivity index (χ0) is 12.2. The molecule has 0 aliphatic carbocycles. The van der Waals surface area contributed by atoms with Crippen LogP contribution in [0.25, 0.3) is 0 Å². The van der Waals surface area contributed by atoms with Crippen molar-refractivity contribution in [3.05, 3.63) is 33.8 Å². The largest absolute Gasteiger partial charge is 0.384 e. The Hall–Kier alpha value is -0.280. The Morgan fingerprint density at radius 2 is 2.06 bits per heavy atom. The van der Waals surface area contributed by atoms with Crippen molar-refractivity contribution in [1.29, 1.82) is 0 Å². The summed E-state index contributed by atoms with van der Waals surface area (Å²) in [4.78, 5) is 0. The average molecular weight is 262 g/mol. The number of rotatable bonds is 5. The first-order chi connectivity index (χ1) is 7.47. The smallest absolute Gasteiger partial charge is 0.101 e. The third kappa shape index (κ3) is 3.63. The van der Waals surface area contributed by atoms with Crippen molar-refractivity contribution in [3.8, 4) is 0 Å². The third-order valence-corrected chi connectivity index (χ3v) is 2.97. The monoisotopic (exact) mass is 261 g/mol. The van der Waals surface area contributed by atoms with E-state index in [4.69, 9.17) is 23.2 Å². The molecule has 1 aromatic carbocycles. The summed E-state index contributed by atoms with van der Waals surface area (Å²) in [5.74, 6) is 0. The first-order valence-electron chi connectivity index (χ1n) is 5.36. The van der Waals surface area contributed by atoms with Crippen LogP contribution in [0.15, 0.2) is 18.2 Å². The molecule has 0 aliphatic heterocycles. The molecule has 4 heteroatoms. The highest BCUT2D eigenvalue weighted by Gasteiger charge is 2.25. The van der Waals surface area contributed by atoms with Gasteiger partial charge in [-0.25, -0.2) is 0 Å². The molecule has 1 atom stereocenters. The molecule has 2 nitrogen and oxygen atoms in total. The fourth-order valence-corrected chi connectivity index (χ4v) is 2.01. The molecule has 0 aromatic heterocycles. The van der Waals surface area contributed by atoms with Gasteiger partial charge in [0.15, 0.2) is 0 Å². The van der Waals surface area contributed by atoms with Crippen LogP contribution in [0.4, 0.5) is 0 Å². The highest BCUT2D eigenvalue weighted by Crippen LogP contribution is 2.30. The molecule has 90 valence electrons. The third-order valence-electron chi connectivity index (χ3n) is 2.40. The molecule has 0 saturated carbocycles. The fraction of sp³-hybridized carbons (Fsp3) is 0.500. The van der Waals surface area contributed by atoms with Crippen molar-refractivity contribution in [2.45, 2.75) is 25.9 Å². The SMILES string of the molecule is CCCNCC(C)(O)c1cc(Cl)ccc1Cl. The molecule has 0 heterocycles. The molecule has 0 amide bonds. The summed E-state index contributed by atoms with van der Waals surface area (Å²) in [5.41, 5.74) is -0.345. The van der Waals surface area contributed by atoms with E-state index in [0.717, 1.165) is 13.0 Å². The predicted molar refractivity (Wildman–Crippen MR) is 69.2 cm³/mol. The average Bonchev–Trinajstić information content (AvgIpc) is 2.22. The molecule has 0 fully saturated rings. The Morgan fingerprint density at radius 1 is 1.38 bits per heavy atom. The summed E-state index contributed by atoms with van der Waals surface area (Å²) in [6.07, 6.45) is 1.03. The Bertz CT molecular complexity index is 353. The van der Waals surface area contributed by atoms with E-state index in [1.807, 2.05) is 0 Å². The van der Waals surface area contributed by atoms with Crippen LogP contribution in [-0.4, -0.2) is 18.2 Å². The second-order valence-electron chi connectivity index (χ2n) is 4.07. The molecule has 0 saturated heterocycles. The van der Waals surface area contributed by atoms with Gasteiger partial charge in [-0.3, -0.25) is 0 Å². The van der Waals surface area contributed by atoms with Gasteiger partial charge >= 0.3 is 0 Å². The van der Waals surface area contributed by atoms with Gasteiger partial charge in [0, 0.05) is 22.2 Å². The van der Waals surface area contributed by atoms with E-state index in [2.05, 4.69) is 12.2 Å². The molecular formula is C12H17Cl2NO. The molecular weight excluding hydrogens is 245 g/mol. The van der Waals surface area contributed by atoms with Crippen LogP contribution < -0.4 is 5.32 Å². The van der Waals surface area contributed by atoms with Gasteiger partial charge in [0.05, 0.1) is 0 Å². The lowest BCUT2D eigenvalue weighted by Gasteiger charge is -2.25. The van der Waals surface area contributed by atoms with E-state index in [1.54, 1.807) is 25.1 Å². The fourth-order valence-electron chi connectivity index (χ4n) is 1.51. The Kier molecular flexibility index (Phi) is 5.06. The standard InChI is InChI=1S/C12H17Cl2NO/c1-3-6-15-8-12(2,16)10-7-9(13)4-5-11(10)14/h4-5,7,15-16H,3,6,8H2,1-2H3. The Balaban J connectivity index is 2.83. The predicted octanol–water partition coefficient (Wildman–Crippen LogP) is 3.20. The van der Waals surface area contributed by atoms with Gasteiger partial charge in [0.25, 0.3) is 0 Å². The van der Waals surface area contributed by atoms with Crippen molar-refractivity contribution in [1.82, 2.24) is 5.32 Å². The quantitative estimate of drug-likeness (QED) is 0.799. The minimum atomic E-state index is -1.00. The highest BCUT2D eigenvalue weighted by molar-refractivity contribution is 6.33. The molecule has 0 radical (unpaired) electrons. The minimum absolute atomic E-state index is 0.459.